The molecule has 0 fully saturated rings. The molecule has 0 amide bonds. The molecule has 0 aliphatic heterocycles. The van der Waals surface area contributed by atoms with Crippen LogP contribution in [0, 0.1) is 19.8 Å². The lowest BCUT2D eigenvalue weighted by atomic mass is 10.1. The van der Waals surface area contributed by atoms with E-state index in [-0.39, 0.29) is 0 Å². The highest BCUT2D eigenvalue weighted by atomic mass is 14.9. The summed E-state index contributed by atoms with van der Waals surface area (Å²) >= 11 is 0. The Kier molecular flexibility index (Phi) is 3.75. The standard InChI is InChI=1S/C13H19N/c1-5-10(2)9-14-13-7-6-11(3)8-12(13)4/h5-8,10,14H,1,9H2,2-4H3. The van der Waals surface area contributed by atoms with Gasteiger partial charge in [-0.2, -0.15) is 0 Å². The van der Waals surface area contributed by atoms with E-state index in [1.54, 1.807) is 0 Å². The van der Waals surface area contributed by atoms with Crippen LogP contribution in [0.3, 0.4) is 0 Å². The van der Waals surface area contributed by atoms with Gasteiger partial charge < -0.3 is 5.32 Å². The van der Waals surface area contributed by atoms with Crippen LogP contribution in [-0.2, 0) is 0 Å². The Morgan fingerprint density at radius 2 is 2.14 bits per heavy atom. The molecule has 0 spiro atoms. The third-order valence-electron chi connectivity index (χ3n) is 2.40. The molecule has 1 heteroatoms. The third kappa shape index (κ3) is 2.91. The second-order valence-corrected chi connectivity index (χ2v) is 3.91. The van der Waals surface area contributed by atoms with Gasteiger partial charge in [0.25, 0.3) is 0 Å². The molecule has 1 unspecified atom stereocenters. The molecule has 14 heavy (non-hydrogen) atoms. The minimum absolute atomic E-state index is 0.510. The molecule has 1 nitrogen and oxygen atoms in total. The lowest BCUT2D eigenvalue weighted by molar-refractivity contribution is 0.772. The van der Waals surface area contributed by atoms with E-state index in [0.29, 0.717) is 5.92 Å². The maximum absolute atomic E-state index is 3.77. The SMILES string of the molecule is C=CC(C)CNc1ccc(C)cc1C. The quantitative estimate of drug-likeness (QED) is 0.714. The molecule has 1 N–H and O–H groups in total. The Hall–Kier alpha value is -1.24. The van der Waals surface area contributed by atoms with E-state index in [2.05, 4.69) is 50.9 Å². The summed E-state index contributed by atoms with van der Waals surface area (Å²) in [5.74, 6) is 0.510. The fraction of sp³-hybridized carbons (Fsp3) is 0.385. The number of aryl methyl sites for hydroxylation is 2. The van der Waals surface area contributed by atoms with Crippen LogP contribution in [0.1, 0.15) is 18.1 Å². The number of nitrogens with one attached hydrogen (secondary N) is 1. The van der Waals surface area contributed by atoms with Crippen LogP contribution in [0.15, 0.2) is 30.9 Å². The molecule has 0 aromatic heterocycles. The average Bonchev–Trinajstić information content (AvgIpc) is 2.16. The summed E-state index contributed by atoms with van der Waals surface area (Å²) in [7, 11) is 0. The molecular formula is C13H19N. The van der Waals surface area contributed by atoms with Crippen LogP contribution in [0.25, 0.3) is 0 Å². The Bertz CT molecular complexity index is 315. The molecule has 0 saturated carbocycles. The zero-order valence-electron chi connectivity index (χ0n) is 9.30. The number of rotatable bonds is 4. The van der Waals surface area contributed by atoms with Gasteiger partial charge >= 0.3 is 0 Å². The normalized spacial score (nSPS) is 12.2. The van der Waals surface area contributed by atoms with Crippen molar-refractivity contribution in [3.63, 3.8) is 0 Å². The van der Waals surface area contributed by atoms with Crippen LogP contribution in [0.4, 0.5) is 5.69 Å². The summed E-state index contributed by atoms with van der Waals surface area (Å²) in [6.45, 7) is 11.1. The molecule has 0 aliphatic carbocycles. The first kappa shape index (κ1) is 10.8. The van der Waals surface area contributed by atoms with Crippen molar-refractivity contribution in [3.8, 4) is 0 Å². The van der Waals surface area contributed by atoms with Gasteiger partial charge in [0.1, 0.15) is 0 Å². The van der Waals surface area contributed by atoms with Gasteiger partial charge in [0.05, 0.1) is 0 Å². The highest BCUT2D eigenvalue weighted by molar-refractivity contribution is 5.51. The van der Waals surface area contributed by atoms with Gasteiger partial charge in [-0.3, -0.25) is 0 Å². The van der Waals surface area contributed by atoms with Gasteiger partial charge in [0.15, 0.2) is 0 Å². The highest BCUT2D eigenvalue weighted by Crippen LogP contribution is 2.16. The number of benzene rings is 1. The smallest absolute Gasteiger partial charge is 0.0370 e. The maximum atomic E-state index is 3.77. The molecule has 1 rings (SSSR count). The molecule has 0 heterocycles. The fourth-order valence-electron chi connectivity index (χ4n) is 1.37. The highest BCUT2D eigenvalue weighted by Gasteiger charge is 1.99. The lowest BCUT2D eigenvalue weighted by Gasteiger charge is -2.12. The van der Waals surface area contributed by atoms with E-state index in [9.17, 15) is 0 Å². The topological polar surface area (TPSA) is 12.0 Å². The summed E-state index contributed by atoms with van der Waals surface area (Å²) in [6, 6.07) is 6.47. The molecular weight excluding hydrogens is 170 g/mol. The minimum Gasteiger partial charge on any atom is -0.384 e. The maximum Gasteiger partial charge on any atom is 0.0370 e. The zero-order valence-corrected chi connectivity index (χ0v) is 9.30. The van der Waals surface area contributed by atoms with Crippen LogP contribution >= 0.6 is 0 Å². The summed E-state index contributed by atoms with van der Waals surface area (Å²) in [5.41, 5.74) is 3.84. The molecule has 1 atom stereocenters. The predicted molar refractivity (Wildman–Crippen MR) is 63.8 cm³/mol. The Morgan fingerprint density at radius 1 is 1.43 bits per heavy atom. The van der Waals surface area contributed by atoms with Crippen molar-refractivity contribution in [1.29, 1.82) is 0 Å². The third-order valence-corrected chi connectivity index (χ3v) is 2.40. The minimum atomic E-state index is 0.510. The van der Waals surface area contributed by atoms with E-state index in [4.69, 9.17) is 0 Å². The number of hydrogen-bond acceptors (Lipinski definition) is 1. The van der Waals surface area contributed by atoms with Crippen molar-refractivity contribution in [2.24, 2.45) is 5.92 Å². The summed E-state index contributed by atoms with van der Waals surface area (Å²) in [5, 5.41) is 3.42. The molecule has 0 radical (unpaired) electrons. The van der Waals surface area contributed by atoms with Crippen LogP contribution < -0.4 is 5.32 Å². The molecule has 0 aliphatic rings. The van der Waals surface area contributed by atoms with Gasteiger partial charge in [0, 0.05) is 12.2 Å². The van der Waals surface area contributed by atoms with Crippen molar-refractivity contribution in [2.75, 3.05) is 11.9 Å². The van der Waals surface area contributed by atoms with Crippen molar-refractivity contribution >= 4 is 5.69 Å². The predicted octanol–water partition coefficient (Wildman–Crippen LogP) is 3.54. The molecule has 76 valence electrons. The van der Waals surface area contributed by atoms with E-state index in [1.165, 1.54) is 16.8 Å². The summed E-state index contributed by atoms with van der Waals surface area (Å²) < 4.78 is 0. The van der Waals surface area contributed by atoms with Gasteiger partial charge in [-0.1, -0.05) is 30.7 Å². The van der Waals surface area contributed by atoms with Crippen molar-refractivity contribution in [1.82, 2.24) is 0 Å². The van der Waals surface area contributed by atoms with Crippen molar-refractivity contribution < 1.29 is 0 Å². The second-order valence-electron chi connectivity index (χ2n) is 3.91. The first-order valence-corrected chi connectivity index (χ1v) is 5.07. The lowest BCUT2D eigenvalue weighted by Crippen LogP contribution is -2.09. The second kappa shape index (κ2) is 4.85. The fourth-order valence-corrected chi connectivity index (χ4v) is 1.37. The molecule has 0 saturated heterocycles. The van der Waals surface area contributed by atoms with Crippen molar-refractivity contribution in [3.05, 3.63) is 42.0 Å². The van der Waals surface area contributed by atoms with E-state index >= 15 is 0 Å². The Morgan fingerprint density at radius 3 is 2.71 bits per heavy atom. The molecule has 0 bridgehead atoms. The van der Waals surface area contributed by atoms with E-state index < -0.39 is 0 Å². The first-order chi connectivity index (χ1) is 6.63. The largest absolute Gasteiger partial charge is 0.384 e. The van der Waals surface area contributed by atoms with Crippen LogP contribution in [0.5, 0.6) is 0 Å². The van der Waals surface area contributed by atoms with Crippen molar-refractivity contribution in [2.45, 2.75) is 20.8 Å². The number of hydrogen-bond donors (Lipinski definition) is 1. The molecule has 1 aromatic rings. The van der Waals surface area contributed by atoms with Crippen LogP contribution in [-0.4, -0.2) is 6.54 Å². The summed E-state index contributed by atoms with van der Waals surface area (Å²) in [4.78, 5) is 0. The van der Waals surface area contributed by atoms with E-state index in [0.717, 1.165) is 6.54 Å². The monoisotopic (exact) mass is 189 g/mol. The van der Waals surface area contributed by atoms with Gasteiger partial charge in [0.2, 0.25) is 0 Å². The Balaban J connectivity index is 2.63. The average molecular weight is 189 g/mol. The van der Waals surface area contributed by atoms with Gasteiger partial charge in [-0.25, -0.2) is 0 Å². The Labute approximate surface area is 86.8 Å². The first-order valence-electron chi connectivity index (χ1n) is 5.07. The van der Waals surface area contributed by atoms with Gasteiger partial charge in [-0.15, -0.1) is 6.58 Å². The van der Waals surface area contributed by atoms with Gasteiger partial charge in [-0.05, 0) is 31.4 Å². The zero-order chi connectivity index (χ0) is 10.6. The molecule has 1 aromatic carbocycles. The number of anilines is 1. The van der Waals surface area contributed by atoms with Crippen LogP contribution in [0.2, 0.25) is 0 Å². The van der Waals surface area contributed by atoms with E-state index in [1.807, 2.05) is 6.08 Å². The summed E-state index contributed by atoms with van der Waals surface area (Å²) in [6.07, 6.45) is 1.97.